The average molecular weight is 327 g/mol. The third kappa shape index (κ3) is 4.16. The van der Waals surface area contributed by atoms with E-state index in [9.17, 15) is 9.59 Å². The van der Waals surface area contributed by atoms with Gasteiger partial charge in [0.2, 0.25) is 0 Å². The van der Waals surface area contributed by atoms with Crippen LogP contribution >= 0.6 is 0 Å². The molecule has 0 bridgehead atoms. The molecular formula is C17H29NO5. The monoisotopic (exact) mass is 327 g/mol. The van der Waals surface area contributed by atoms with Crippen molar-refractivity contribution >= 4 is 12.1 Å². The smallest absolute Gasteiger partial charge is 0.411 e. The van der Waals surface area contributed by atoms with Crippen LogP contribution in [-0.2, 0) is 19.0 Å². The van der Waals surface area contributed by atoms with E-state index in [1.807, 2.05) is 20.8 Å². The Morgan fingerprint density at radius 2 is 2.04 bits per heavy atom. The quantitative estimate of drug-likeness (QED) is 0.743. The SMILES string of the molecule is COC(=O)C1(CCC2CCCO2)CCCN1C(=O)OC(C)(C)C. The van der Waals surface area contributed by atoms with Crippen LogP contribution < -0.4 is 0 Å². The van der Waals surface area contributed by atoms with Gasteiger partial charge in [0.15, 0.2) is 0 Å². The summed E-state index contributed by atoms with van der Waals surface area (Å²) in [4.78, 5) is 26.6. The Labute approximate surface area is 138 Å². The van der Waals surface area contributed by atoms with Crippen LogP contribution in [0, 0.1) is 0 Å². The summed E-state index contributed by atoms with van der Waals surface area (Å²) in [6.07, 6.45) is 4.53. The Morgan fingerprint density at radius 3 is 2.61 bits per heavy atom. The molecule has 6 nitrogen and oxygen atoms in total. The number of ether oxygens (including phenoxy) is 3. The summed E-state index contributed by atoms with van der Waals surface area (Å²) in [5.74, 6) is -0.348. The maximum absolute atomic E-state index is 12.6. The molecule has 0 aromatic carbocycles. The van der Waals surface area contributed by atoms with Crippen LogP contribution in [0.5, 0.6) is 0 Å². The molecule has 1 amide bonds. The maximum Gasteiger partial charge on any atom is 0.411 e. The van der Waals surface area contributed by atoms with Crippen molar-refractivity contribution in [2.45, 2.75) is 76.5 Å². The van der Waals surface area contributed by atoms with Gasteiger partial charge in [-0.1, -0.05) is 0 Å². The van der Waals surface area contributed by atoms with Crippen molar-refractivity contribution in [3.8, 4) is 0 Å². The van der Waals surface area contributed by atoms with Crippen molar-refractivity contribution in [2.24, 2.45) is 0 Å². The lowest BCUT2D eigenvalue weighted by atomic mass is 9.88. The largest absolute Gasteiger partial charge is 0.467 e. The molecule has 2 fully saturated rings. The van der Waals surface area contributed by atoms with Gasteiger partial charge in [-0.2, -0.15) is 0 Å². The molecule has 2 unspecified atom stereocenters. The van der Waals surface area contributed by atoms with E-state index >= 15 is 0 Å². The van der Waals surface area contributed by atoms with Crippen molar-refractivity contribution in [1.82, 2.24) is 4.90 Å². The van der Waals surface area contributed by atoms with Crippen LogP contribution in [0.15, 0.2) is 0 Å². The van der Waals surface area contributed by atoms with Crippen LogP contribution in [0.2, 0.25) is 0 Å². The highest BCUT2D eigenvalue weighted by atomic mass is 16.6. The first kappa shape index (κ1) is 18.0. The molecule has 0 radical (unpaired) electrons. The van der Waals surface area contributed by atoms with E-state index in [2.05, 4.69) is 0 Å². The molecule has 2 atom stereocenters. The van der Waals surface area contributed by atoms with Gasteiger partial charge in [0.1, 0.15) is 11.1 Å². The van der Waals surface area contributed by atoms with E-state index in [0.717, 1.165) is 32.3 Å². The van der Waals surface area contributed by atoms with Crippen LogP contribution in [0.25, 0.3) is 0 Å². The first-order valence-electron chi connectivity index (χ1n) is 8.49. The fourth-order valence-electron chi connectivity index (χ4n) is 3.50. The lowest BCUT2D eigenvalue weighted by Crippen LogP contribution is -2.55. The summed E-state index contributed by atoms with van der Waals surface area (Å²) in [5.41, 5.74) is -1.50. The predicted octanol–water partition coefficient (Wildman–Crippen LogP) is 2.89. The summed E-state index contributed by atoms with van der Waals surface area (Å²) in [6, 6.07) is 0. The molecule has 0 aromatic heterocycles. The van der Waals surface area contributed by atoms with Crippen molar-refractivity contribution in [3.05, 3.63) is 0 Å². The molecule has 2 saturated heterocycles. The van der Waals surface area contributed by atoms with Gasteiger partial charge in [-0.15, -0.1) is 0 Å². The highest BCUT2D eigenvalue weighted by molar-refractivity contribution is 5.86. The van der Waals surface area contributed by atoms with Gasteiger partial charge in [-0.3, -0.25) is 4.90 Å². The fourth-order valence-corrected chi connectivity index (χ4v) is 3.50. The molecule has 2 rings (SSSR count). The van der Waals surface area contributed by atoms with E-state index in [1.165, 1.54) is 7.11 Å². The molecule has 23 heavy (non-hydrogen) atoms. The number of methoxy groups -OCH3 is 1. The molecular weight excluding hydrogens is 298 g/mol. The summed E-state index contributed by atoms with van der Waals surface area (Å²) < 4.78 is 16.2. The minimum absolute atomic E-state index is 0.178. The second kappa shape index (κ2) is 7.07. The zero-order valence-electron chi connectivity index (χ0n) is 14.7. The third-order valence-corrected chi connectivity index (χ3v) is 4.57. The number of hydrogen-bond donors (Lipinski definition) is 0. The number of esters is 1. The van der Waals surface area contributed by atoms with E-state index in [0.29, 0.717) is 19.4 Å². The average Bonchev–Trinajstić information content (AvgIpc) is 3.12. The molecule has 0 saturated carbocycles. The topological polar surface area (TPSA) is 65.1 Å². The standard InChI is InChI=1S/C17H29NO5/c1-16(2,3)23-15(20)18-11-6-9-17(18,14(19)21-4)10-8-13-7-5-12-22-13/h13H,5-12H2,1-4H3. The maximum atomic E-state index is 12.6. The van der Waals surface area contributed by atoms with Gasteiger partial charge in [0.05, 0.1) is 13.2 Å². The molecule has 2 aliphatic heterocycles. The highest BCUT2D eigenvalue weighted by Gasteiger charge is 2.51. The Hall–Kier alpha value is -1.30. The highest BCUT2D eigenvalue weighted by Crippen LogP contribution is 2.37. The van der Waals surface area contributed by atoms with Crippen molar-refractivity contribution in [3.63, 3.8) is 0 Å². The minimum atomic E-state index is -0.914. The summed E-state index contributed by atoms with van der Waals surface area (Å²) in [5, 5.41) is 0. The Morgan fingerprint density at radius 1 is 1.30 bits per heavy atom. The molecule has 0 N–H and O–H groups in total. The summed E-state index contributed by atoms with van der Waals surface area (Å²) >= 11 is 0. The summed E-state index contributed by atoms with van der Waals surface area (Å²) in [6.45, 7) is 6.79. The minimum Gasteiger partial charge on any atom is -0.467 e. The second-order valence-electron chi connectivity index (χ2n) is 7.43. The number of likely N-dealkylation sites (tertiary alicyclic amines) is 1. The Kier molecular flexibility index (Phi) is 5.55. The van der Waals surface area contributed by atoms with Crippen LogP contribution in [0.1, 0.15) is 59.3 Å². The van der Waals surface area contributed by atoms with Gasteiger partial charge in [-0.05, 0) is 59.3 Å². The van der Waals surface area contributed by atoms with Gasteiger partial charge >= 0.3 is 12.1 Å². The number of amides is 1. The molecule has 2 aliphatic rings. The first-order chi connectivity index (χ1) is 10.8. The normalized spacial score (nSPS) is 28.0. The number of carbonyl (C=O) groups excluding carboxylic acids is 2. The van der Waals surface area contributed by atoms with Crippen molar-refractivity contribution in [1.29, 1.82) is 0 Å². The van der Waals surface area contributed by atoms with Crippen LogP contribution in [0.3, 0.4) is 0 Å². The van der Waals surface area contributed by atoms with E-state index in [1.54, 1.807) is 4.90 Å². The zero-order valence-corrected chi connectivity index (χ0v) is 14.7. The molecule has 0 aromatic rings. The Balaban J connectivity index is 2.13. The van der Waals surface area contributed by atoms with Gasteiger partial charge in [-0.25, -0.2) is 9.59 Å². The molecule has 0 aliphatic carbocycles. The first-order valence-corrected chi connectivity index (χ1v) is 8.49. The number of hydrogen-bond acceptors (Lipinski definition) is 5. The number of rotatable bonds is 4. The molecule has 6 heteroatoms. The lowest BCUT2D eigenvalue weighted by molar-refractivity contribution is -0.154. The van der Waals surface area contributed by atoms with E-state index in [4.69, 9.17) is 14.2 Å². The van der Waals surface area contributed by atoms with Crippen molar-refractivity contribution in [2.75, 3.05) is 20.3 Å². The third-order valence-electron chi connectivity index (χ3n) is 4.57. The van der Waals surface area contributed by atoms with Gasteiger partial charge < -0.3 is 14.2 Å². The predicted molar refractivity (Wildman–Crippen MR) is 85.1 cm³/mol. The van der Waals surface area contributed by atoms with Crippen LogP contribution in [0.4, 0.5) is 4.79 Å². The second-order valence-corrected chi connectivity index (χ2v) is 7.43. The van der Waals surface area contributed by atoms with E-state index in [-0.39, 0.29) is 12.1 Å². The van der Waals surface area contributed by atoms with Gasteiger partial charge in [0, 0.05) is 13.2 Å². The summed E-state index contributed by atoms with van der Waals surface area (Å²) in [7, 11) is 1.38. The Bertz CT molecular complexity index is 439. The van der Waals surface area contributed by atoms with Gasteiger partial charge in [0.25, 0.3) is 0 Å². The fraction of sp³-hybridized carbons (Fsp3) is 0.882. The number of carbonyl (C=O) groups is 2. The van der Waals surface area contributed by atoms with Crippen molar-refractivity contribution < 1.29 is 23.8 Å². The zero-order chi connectivity index (χ0) is 17.1. The number of nitrogens with zero attached hydrogens (tertiary/aromatic N) is 1. The van der Waals surface area contributed by atoms with E-state index < -0.39 is 17.2 Å². The van der Waals surface area contributed by atoms with Crippen LogP contribution in [-0.4, -0.2) is 54.5 Å². The molecule has 2 heterocycles. The molecule has 132 valence electrons. The molecule has 0 spiro atoms. The lowest BCUT2D eigenvalue weighted by Gasteiger charge is -2.37.